The minimum atomic E-state index is -0.398. The third-order valence-electron chi connectivity index (χ3n) is 3.00. The molecule has 4 nitrogen and oxygen atoms in total. The molecule has 0 aliphatic carbocycles. The zero-order valence-corrected chi connectivity index (χ0v) is 12.0. The Morgan fingerprint density at radius 3 is 2.94 bits per heavy atom. The summed E-state index contributed by atoms with van der Waals surface area (Å²) in [4.78, 5) is 11.9. The van der Waals surface area contributed by atoms with Gasteiger partial charge in [0.05, 0.1) is 16.7 Å². The number of β-amino-alcohol motifs (C(OH)–C–C–N with tert-alkyl or cyclic N) is 1. The second-order valence-electron chi connectivity index (χ2n) is 4.32. The van der Waals surface area contributed by atoms with Gasteiger partial charge in [-0.25, -0.2) is 0 Å². The first-order valence-electron chi connectivity index (χ1n) is 5.70. The molecule has 2 atom stereocenters. The third-order valence-corrected chi connectivity index (χ3v) is 3.81. The summed E-state index contributed by atoms with van der Waals surface area (Å²) in [5.41, 5.74) is 0.445. The van der Waals surface area contributed by atoms with E-state index in [0.29, 0.717) is 23.7 Å². The number of aliphatic hydroxyl groups is 1. The monoisotopic (exact) mass is 332 g/mol. The minimum absolute atomic E-state index is 0.0585. The molecule has 0 bridgehead atoms. The van der Waals surface area contributed by atoms with Crippen LogP contribution in [0.1, 0.15) is 10.4 Å². The number of benzene rings is 1. The van der Waals surface area contributed by atoms with E-state index in [2.05, 4.69) is 26.6 Å². The second-order valence-corrected chi connectivity index (χ2v) is 5.64. The zero-order valence-electron chi connectivity index (χ0n) is 9.62. The van der Waals surface area contributed by atoms with Gasteiger partial charge in [-0.1, -0.05) is 27.5 Å². The van der Waals surface area contributed by atoms with Gasteiger partial charge in [-0.3, -0.25) is 4.79 Å². The number of carbonyl (C=O) groups is 1. The summed E-state index contributed by atoms with van der Waals surface area (Å²) >= 11 is 9.28. The molecule has 1 heterocycles. The minimum Gasteiger partial charge on any atom is -0.391 e. The van der Waals surface area contributed by atoms with Crippen molar-refractivity contribution in [1.82, 2.24) is 10.6 Å². The molecule has 1 aromatic rings. The molecule has 1 amide bonds. The van der Waals surface area contributed by atoms with Gasteiger partial charge in [-0.2, -0.15) is 0 Å². The molecule has 0 saturated carbocycles. The zero-order chi connectivity index (χ0) is 13.1. The lowest BCUT2D eigenvalue weighted by Crippen LogP contribution is -2.34. The Morgan fingerprint density at radius 1 is 1.56 bits per heavy atom. The number of halogens is 2. The fourth-order valence-corrected chi connectivity index (χ4v) is 2.68. The molecule has 1 aliphatic rings. The Balaban J connectivity index is 1.95. The molecule has 3 N–H and O–H groups in total. The van der Waals surface area contributed by atoms with Gasteiger partial charge in [0, 0.05) is 30.0 Å². The van der Waals surface area contributed by atoms with Gasteiger partial charge < -0.3 is 15.7 Å². The van der Waals surface area contributed by atoms with Crippen molar-refractivity contribution in [3.05, 3.63) is 33.3 Å². The maximum absolute atomic E-state index is 11.9. The normalized spacial score (nSPS) is 23.1. The molecule has 2 unspecified atom stereocenters. The smallest absolute Gasteiger partial charge is 0.252 e. The first kappa shape index (κ1) is 13.8. The lowest BCUT2D eigenvalue weighted by molar-refractivity contribution is 0.0927. The largest absolute Gasteiger partial charge is 0.391 e. The van der Waals surface area contributed by atoms with E-state index in [1.54, 1.807) is 18.2 Å². The predicted octanol–water partition coefficient (Wildman–Crippen LogP) is 1.41. The molecule has 0 aromatic heterocycles. The van der Waals surface area contributed by atoms with Crippen LogP contribution in [0.4, 0.5) is 0 Å². The van der Waals surface area contributed by atoms with Crippen LogP contribution in [0.2, 0.25) is 5.02 Å². The number of hydrogen-bond acceptors (Lipinski definition) is 3. The SMILES string of the molecule is O=C(NCC1CNCC1O)c1ccc(Br)cc1Cl. The number of aliphatic hydroxyl groups excluding tert-OH is 1. The van der Waals surface area contributed by atoms with E-state index in [1.165, 1.54) is 0 Å². The van der Waals surface area contributed by atoms with Crippen molar-refractivity contribution in [2.24, 2.45) is 5.92 Å². The number of nitrogens with one attached hydrogen (secondary N) is 2. The summed E-state index contributed by atoms with van der Waals surface area (Å²) in [7, 11) is 0. The van der Waals surface area contributed by atoms with Crippen molar-refractivity contribution < 1.29 is 9.90 Å². The summed E-state index contributed by atoms with van der Waals surface area (Å²) in [5, 5.41) is 15.9. The topological polar surface area (TPSA) is 61.4 Å². The van der Waals surface area contributed by atoms with Crippen LogP contribution in [-0.2, 0) is 0 Å². The lowest BCUT2D eigenvalue weighted by atomic mass is 10.1. The molecule has 18 heavy (non-hydrogen) atoms. The molecule has 98 valence electrons. The highest BCUT2D eigenvalue weighted by Gasteiger charge is 2.25. The van der Waals surface area contributed by atoms with E-state index in [4.69, 9.17) is 11.6 Å². The van der Waals surface area contributed by atoms with Crippen LogP contribution in [0.25, 0.3) is 0 Å². The number of hydrogen-bond donors (Lipinski definition) is 3. The average Bonchev–Trinajstić information content (AvgIpc) is 2.72. The van der Waals surface area contributed by atoms with Gasteiger partial charge in [0.1, 0.15) is 0 Å². The fraction of sp³-hybridized carbons (Fsp3) is 0.417. The van der Waals surface area contributed by atoms with E-state index in [9.17, 15) is 9.90 Å². The van der Waals surface area contributed by atoms with E-state index < -0.39 is 6.10 Å². The molecule has 1 fully saturated rings. The van der Waals surface area contributed by atoms with Crippen molar-refractivity contribution in [2.75, 3.05) is 19.6 Å². The first-order valence-corrected chi connectivity index (χ1v) is 6.87. The Kier molecular flexibility index (Phi) is 4.61. The predicted molar refractivity (Wildman–Crippen MR) is 73.9 cm³/mol. The van der Waals surface area contributed by atoms with Gasteiger partial charge in [0.15, 0.2) is 0 Å². The Bertz CT molecular complexity index is 456. The van der Waals surface area contributed by atoms with Gasteiger partial charge in [0.2, 0.25) is 0 Å². The molecule has 1 aliphatic heterocycles. The van der Waals surface area contributed by atoms with Crippen molar-refractivity contribution in [3.63, 3.8) is 0 Å². The van der Waals surface area contributed by atoms with Crippen LogP contribution in [0, 0.1) is 5.92 Å². The molecular weight excluding hydrogens is 320 g/mol. The quantitative estimate of drug-likeness (QED) is 0.784. The standard InChI is InChI=1S/C12H14BrClN2O2/c13-8-1-2-9(10(14)3-8)12(18)16-5-7-4-15-6-11(7)17/h1-3,7,11,15,17H,4-6H2,(H,16,18). The Labute approximate surface area is 119 Å². The summed E-state index contributed by atoms with van der Waals surface area (Å²) in [6.07, 6.45) is -0.398. The van der Waals surface area contributed by atoms with Gasteiger partial charge in [-0.15, -0.1) is 0 Å². The van der Waals surface area contributed by atoms with E-state index >= 15 is 0 Å². The molecule has 1 saturated heterocycles. The maximum Gasteiger partial charge on any atom is 0.252 e. The Morgan fingerprint density at radius 2 is 2.33 bits per heavy atom. The van der Waals surface area contributed by atoms with Gasteiger partial charge in [0.25, 0.3) is 5.91 Å². The van der Waals surface area contributed by atoms with E-state index in [1.807, 2.05) is 0 Å². The number of amides is 1. The third kappa shape index (κ3) is 3.23. The van der Waals surface area contributed by atoms with Crippen LogP contribution in [0.5, 0.6) is 0 Å². The van der Waals surface area contributed by atoms with Crippen molar-refractivity contribution >= 4 is 33.4 Å². The lowest BCUT2D eigenvalue weighted by Gasteiger charge is -2.14. The van der Waals surface area contributed by atoms with Crippen molar-refractivity contribution in [1.29, 1.82) is 0 Å². The maximum atomic E-state index is 11.9. The average molecular weight is 334 g/mol. The second kappa shape index (κ2) is 6.02. The fourth-order valence-electron chi connectivity index (χ4n) is 1.92. The van der Waals surface area contributed by atoms with Crippen molar-refractivity contribution in [3.8, 4) is 0 Å². The summed E-state index contributed by atoms with van der Waals surface area (Å²) in [6.45, 7) is 1.74. The van der Waals surface area contributed by atoms with Crippen LogP contribution >= 0.6 is 27.5 Å². The van der Waals surface area contributed by atoms with E-state index in [-0.39, 0.29) is 11.8 Å². The highest BCUT2D eigenvalue weighted by molar-refractivity contribution is 9.10. The number of rotatable bonds is 3. The molecule has 1 aromatic carbocycles. The molecule has 0 spiro atoms. The van der Waals surface area contributed by atoms with Crippen molar-refractivity contribution in [2.45, 2.75) is 6.10 Å². The summed E-state index contributed by atoms with van der Waals surface area (Å²) < 4.78 is 0.833. The van der Waals surface area contributed by atoms with Crippen LogP contribution in [0.15, 0.2) is 22.7 Å². The molecule has 2 rings (SSSR count). The van der Waals surface area contributed by atoms with Gasteiger partial charge in [-0.05, 0) is 18.2 Å². The summed E-state index contributed by atoms with van der Waals surface area (Å²) in [6, 6.07) is 5.13. The highest BCUT2D eigenvalue weighted by Crippen LogP contribution is 2.21. The van der Waals surface area contributed by atoms with Crippen LogP contribution in [-0.4, -0.2) is 36.8 Å². The molecule has 0 radical (unpaired) electrons. The van der Waals surface area contributed by atoms with Crippen LogP contribution in [0.3, 0.4) is 0 Å². The Hall–Kier alpha value is -0.620. The number of carbonyl (C=O) groups excluding carboxylic acids is 1. The van der Waals surface area contributed by atoms with Crippen LogP contribution < -0.4 is 10.6 Å². The highest BCUT2D eigenvalue weighted by atomic mass is 79.9. The molecular formula is C12H14BrClN2O2. The van der Waals surface area contributed by atoms with Gasteiger partial charge >= 0.3 is 0 Å². The van der Waals surface area contributed by atoms with E-state index in [0.717, 1.165) is 11.0 Å². The first-order chi connectivity index (χ1) is 8.58. The summed E-state index contributed by atoms with van der Waals surface area (Å²) in [5.74, 6) is -0.158. The molecule has 6 heteroatoms.